The first-order valence-electron chi connectivity index (χ1n) is 9.76. The van der Waals surface area contributed by atoms with Crippen molar-refractivity contribution in [2.24, 2.45) is 0 Å². The first-order chi connectivity index (χ1) is 13.8. The van der Waals surface area contributed by atoms with Crippen LogP contribution >= 0.6 is 0 Å². The molecule has 0 radical (unpaired) electrons. The van der Waals surface area contributed by atoms with Crippen molar-refractivity contribution in [2.45, 2.75) is 19.0 Å². The van der Waals surface area contributed by atoms with Crippen molar-refractivity contribution in [1.29, 1.82) is 0 Å². The fourth-order valence-electron chi connectivity index (χ4n) is 3.71. The second kappa shape index (κ2) is 8.72. The van der Waals surface area contributed by atoms with Crippen molar-refractivity contribution < 1.29 is 4.79 Å². The Labute approximate surface area is 166 Å². The van der Waals surface area contributed by atoms with Gasteiger partial charge in [0.2, 0.25) is 0 Å². The average Bonchev–Trinajstić information content (AvgIpc) is 3.17. The molecular formula is C24H25N3O. The van der Waals surface area contributed by atoms with E-state index >= 15 is 0 Å². The molecule has 1 atom stereocenters. The van der Waals surface area contributed by atoms with Crippen LogP contribution in [-0.2, 0) is 6.54 Å². The molecule has 3 aromatic carbocycles. The van der Waals surface area contributed by atoms with Gasteiger partial charge >= 0.3 is 6.03 Å². The molecule has 1 N–H and O–H groups in total. The SMILES string of the molecule is O=C(NC1CCN(Cc2ccccc2)C1)N(c1ccccc1)c1ccccc1. The Bertz CT molecular complexity index is 844. The number of carbonyl (C=O) groups excluding carboxylic acids is 1. The molecule has 0 bridgehead atoms. The number of amides is 2. The summed E-state index contributed by atoms with van der Waals surface area (Å²) in [6.07, 6.45) is 0.968. The molecule has 1 unspecified atom stereocenters. The summed E-state index contributed by atoms with van der Waals surface area (Å²) in [6, 6.07) is 30.1. The largest absolute Gasteiger partial charge is 0.333 e. The monoisotopic (exact) mass is 371 g/mol. The van der Waals surface area contributed by atoms with Crippen molar-refractivity contribution in [3.63, 3.8) is 0 Å². The summed E-state index contributed by atoms with van der Waals surface area (Å²) >= 11 is 0. The molecule has 1 heterocycles. The molecule has 1 aliphatic heterocycles. The van der Waals surface area contributed by atoms with E-state index in [1.54, 1.807) is 4.90 Å². The minimum Gasteiger partial charge on any atom is -0.333 e. The quantitative estimate of drug-likeness (QED) is 0.699. The number of nitrogens with zero attached hydrogens (tertiary/aromatic N) is 2. The van der Waals surface area contributed by atoms with Crippen molar-refractivity contribution in [2.75, 3.05) is 18.0 Å². The number of para-hydroxylation sites is 2. The molecular weight excluding hydrogens is 346 g/mol. The van der Waals surface area contributed by atoms with E-state index in [9.17, 15) is 4.79 Å². The third-order valence-electron chi connectivity index (χ3n) is 5.08. The highest BCUT2D eigenvalue weighted by molar-refractivity contribution is 5.99. The molecule has 3 aromatic rings. The van der Waals surface area contributed by atoms with E-state index in [1.807, 2.05) is 66.7 Å². The van der Waals surface area contributed by atoms with E-state index in [4.69, 9.17) is 0 Å². The maximum atomic E-state index is 13.2. The van der Waals surface area contributed by atoms with Gasteiger partial charge in [-0.25, -0.2) is 4.79 Å². The summed E-state index contributed by atoms with van der Waals surface area (Å²) in [7, 11) is 0. The molecule has 0 saturated carbocycles. The van der Waals surface area contributed by atoms with Crippen molar-refractivity contribution in [1.82, 2.24) is 10.2 Å². The number of nitrogens with one attached hydrogen (secondary N) is 1. The summed E-state index contributed by atoms with van der Waals surface area (Å²) in [5, 5.41) is 3.24. The molecule has 142 valence electrons. The van der Waals surface area contributed by atoms with E-state index < -0.39 is 0 Å². The molecule has 4 nitrogen and oxygen atoms in total. The fourth-order valence-corrected chi connectivity index (χ4v) is 3.71. The summed E-state index contributed by atoms with van der Waals surface area (Å²) < 4.78 is 0. The van der Waals surface area contributed by atoms with E-state index in [2.05, 4.69) is 34.5 Å². The van der Waals surface area contributed by atoms with Crippen LogP contribution < -0.4 is 10.2 Å². The van der Waals surface area contributed by atoms with Gasteiger partial charge in [0.05, 0.1) is 11.4 Å². The molecule has 0 spiro atoms. The Kier molecular flexibility index (Phi) is 5.69. The zero-order valence-corrected chi connectivity index (χ0v) is 15.9. The highest BCUT2D eigenvalue weighted by Gasteiger charge is 2.26. The lowest BCUT2D eigenvalue weighted by molar-refractivity contribution is 0.243. The minimum absolute atomic E-state index is 0.0797. The molecule has 0 aliphatic carbocycles. The second-order valence-corrected chi connectivity index (χ2v) is 7.16. The Morgan fingerprint density at radius 3 is 1.96 bits per heavy atom. The Balaban J connectivity index is 1.44. The molecule has 1 fully saturated rings. The van der Waals surface area contributed by atoms with Gasteiger partial charge in [-0.3, -0.25) is 9.80 Å². The number of anilines is 2. The topological polar surface area (TPSA) is 35.6 Å². The van der Waals surface area contributed by atoms with Crippen molar-refractivity contribution in [3.05, 3.63) is 96.6 Å². The van der Waals surface area contributed by atoms with Crippen LogP contribution in [0.1, 0.15) is 12.0 Å². The lowest BCUT2D eigenvalue weighted by Gasteiger charge is -2.25. The minimum atomic E-state index is -0.0797. The number of rotatable bonds is 5. The molecule has 1 aliphatic rings. The lowest BCUT2D eigenvalue weighted by Crippen LogP contribution is -2.44. The maximum absolute atomic E-state index is 13.2. The summed E-state index contributed by atoms with van der Waals surface area (Å²) in [5.74, 6) is 0. The van der Waals surface area contributed by atoms with Crippen LogP contribution in [0.15, 0.2) is 91.0 Å². The fraction of sp³-hybridized carbons (Fsp3) is 0.208. The van der Waals surface area contributed by atoms with Gasteiger partial charge in [-0.2, -0.15) is 0 Å². The zero-order valence-electron chi connectivity index (χ0n) is 15.9. The van der Waals surface area contributed by atoms with Crippen LogP contribution in [0.2, 0.25) is 0 Å². The van der Waals surface area contributed by atoms with Crippen LogP contribution in [0.4, 0.5) is 16.2 Å². The maximum Gasteiger partial charge on any atom is 0.326 e. The molecule has 4 rings (SSSR count). The zero-order chi connectivity index (χ0) is 19.2. The lowest BCUT2D eigenvalue weighted by atomic mass is 10.2. The highest BCUT2D eigenvalue weighted by atomic mass is 16.2. The predicted octanol–water partition coefficient (Wildman–Crippen LogP) is 4.81. The van der Waals surface area contributed by atoms with Gasteiger partial charge in [0.15, 0.2) is 0 Å². The van der Waals surface area contributed by atoms with E-state index in [0.717, 1.165) is 37.4 Å². The van der Waals surface area contributed by atoms with Gasteiger partial charge < -0.3 is 5.32 Å². The van der Waals surface area contributed by atoms with Crippen LogP contribution in [0.25, 0.3) is 0 Å². The van der Waals surface area contributed by atoms with Gasteiger partial charge in [0.25, 0.3) is 0 Å². The van der Waals surface area contributed by atoms with Crippen LogP contribution in [0.5, 0.6) is 0 Å². The smallest absolute Gasteiger partial charge is 0.326 e. The van der Waals surface area contributed by atoms with Gasteiger partial charge in [0, 0.05) is 25.7 Å². The molecule has 4 heteroatoms. The van der Waals surface area contributed by atoms with Crippen LogP contribution in [0, 0.1) is 0 Å². The van der Waals surface area contributed by atoms with Gasteiger partial charge in [-0.15, -0.1) is 0 Å². The number of hydrogen-bond acceptors (Lipinski definition) is 2. The van der Waals surface area contributed by atoms with Gasteiger partial charge in [-0.1, -0.05) is 66.7 Å². The van der Waals surface area contributed by atoms with Crippen LogP contribution in [0.3, 0.4) is 0 Å². The predicted molar refractivity (Wildman–Crippen MR) is 114 cm³/mol. The normalized spacial score (nSPS) is 16.6. The standard InChI is InChI=1S/C24H25N3O/c28-24(25-21-16-17-26(19-21)18-20-10-4-1-5-11-20)27(22-12-6-2-7-13-22)23-14-8-3-9-15-23/h1-15,21H,16-19H2,(H,25,28). The third-order valence-corrected chi connectivity index (χ3v) is 5.08. The van der Waals surface area contributed by atoms with E-state index in [1.165, 1.54) is 5.56 Å². The molecule has 28 heavy (non-hydrogen) atoms. The number of benzene rings is 3. The van der Waals surface area contributed by atoms with Crippen molar-refractivity contribution >= 4 is 17.4 Å². The Morgan fingerprint density at radius 2 is 1.39 bits per heavy atom. The first kappa shape index (κ1) is 18.3. The summed E-state index contributed by atoms with van der Waals surface area (Å²) in [5.41, 5.74) is 3.04. The second-order valence-electron chi connectivity index (χ2n) is 7.16. The molecule has 0 aromatic heterocycles. The summed E-state index contributed by atoms with van der Waals surface area (Å²) in [4.78, 5) is 17.3. The van der Waals surface area contributed by atoms with Crippen molar-refractivity contribution in [3.8, 4) is 0 Å². The molecule has 2 amide bonds. The Morgan fingerprint density at radius 1 is 0.857 bits per heavy atom. The number of carbonyl (C=O) groups is 1. The van der Waals surface area contributed by atoms with Gasteiger partial charge in [-0.05, 0) is 36.2 Å². The van der Waals surface area contributed by atoms with E-state index in [0.29, 0.717) is 0 Å². The Hall–Kier alpha value is -3.11. The summed E-state index contributed by atoms with van der Waals surface area (Å²) in [6.45, 7) is 2.79. The number of hydrogen-bond donors (Lipinski definition) is 1. The third kappa shape index (κ3) is 4.41. The first-order valence-corrected chi connectivity index (χ1v) is 9.76. The van der Waals surface area contributed by atoms with Crippen LogP contribution in [-0.4, -0.2) is 30.1 Å². The highest BCUT2D eigenvalue weighted by Crippen LogP contribution is 2.25. The molecule has 1 saturated heterocycles. The van der Waals surface area contributed by atoms with Gasteiger partial charge in [0.1, 0.15) is 0 Å². The van der Waals surface area contributed by atoms with E-state index in [-0.39, 0.29) is 12.1 Å². The number of urea groups is 1. The number of likely N-dealkylation sites (tertiary alicyclic amines) is 1. The average molecular weight is 371 g/mol.